The van der Waals surface area contributed by atoms with E-state index in [4.69, 9.17) is 5.73 Å². The summed E-state index contributed by atoms with van der Waals surface area (Å²) in [6, 6.07) is 1.50. The van der Waals surface area contributed by atoms with Gasteiger partial charge < -0.3 is 5.73 Å². The molecule has 3 atom stereocenters. The van der Waals surface area contributed by atoms with Crippen molar-refractivity contribution in [3.63, 3.8) is 0 Å². The Balaban J connectivity index is 1.98. The molecule has 1 saturated heterocycles. The second-order valence-electron chi connectivity index (χ2n) is 6.19. The minimum atomic E-state index is 0.677. The van der Waals surface area contributed by atoms with Gasteiger partial charge >= 0.3 is 0 Å². The average Bonchev–Trinajstić information content (AvgIpc) is 2.27. The number of nitrogens with zero attached hydrogens (tertiary/aromatic N) is 1. The lowest BCUT2D eigenvalue weighted by Crippen LogP contribution is -2.51. The van der Waals surface area contributed by atoms with E-state index in [1.807, 2.05) is 0 Å². The van der Waals surface area contributed by atoms with Gasteiger partial charge in [-0.15, -0.1) is 0 Å². The highest BCUT2D eigenvalue weighted by molar-refractivity contribution is 4.88. The van der Waals surface area contributed by atoms with E-state index in [0.717, 1.165) is 24.4 Å². The molecule has 0 aromatic rings. The van der Waals surface area contributed by atoms with Crippen molar-refractivity contribution in [1.82, 2.24) is 4.90 Å². The lowest BCUT2D eigenvalue weighted by molar-refractivity contribution is 0.0500. The summed E-state index contributed by atoms with van der Waals surface area (Å²) in [5.41, 5.74) is 5.93. The van der Waals surface area contributed by atoms with E-state index < -0.39 is 0 Å². The van der Waals surface area contributed by atoms with Crippen molar-refractivity contribution in [2.45, 2.75) is 64.5 Å². The lowest BCUT2D eigenvalue weighted by Gasteiger charge is -2.45. The lowest BCUT2D eigenvalue weighted by atomic mass is 9.79. The molecule has 2 heteroatoms. The quantitative estimate of drug-likeness (QED) is 0.781. The minimum Gasteiger partial charge on any atom is -0.329 e. The minimum absolute atomic E-state index is 0.677. The molecule has 2 nitrogen and oxygen atoms in total. The van der Waals surface area contributed by atoms with E-state index in [1.54, 1.807) is 0 Å². The summed E-state index contributed by atoms with van der Waals surface area (Å²) in [5, 5.41) is 0. The van der Waals surface area contributed by atoms with Gasteiger partial charge in [0.25, 0.3) is 0 Å². The Bertz CT molecular complexity index is 207. The Labute approximate surface area is 101 Å². The van der Waals surface area contributed by atoms with Crippen LogP contribution in [0.4, 0.5) is 0 Å². The molecular weight excluding hydrogens is 196 g/mol. The molecule has 0 spiro atoms. The third kappa shape index (κ3) is 2.78. The fourth-order valence-corrected chi connectivity index (χ4v) is 3.93. The molecule has 2 rings (SSSR count). The van der Waals surface area contributed by atoms with Gasteiger partial charge in [-0.1, -0.05) is 20.3 Å². The fourth-order valence-electron chi connectivity index (χ4n) is 3.93. The molecule has 94 valence electrons. The summed E-state index contributed by atoms with van der Waals surface area (Å²) in [6.45, 7) is 7.00. The second-order valence-corrected chi connectivity index (χ2v) is 6.19. The molecule has 0 bridgehead atoms. The SMILES string of the molecule is CC1CC(C)CC(N2CCCCC2CN)C1. The van der Waals surface area contributed by atoms with Crippen molar-refractivity contribution < 1.29 is 0 Å². The number of rotatable bonds is 2. The van der Waals surface area contributed by atoms with Crippen LogP contribution in [0.25, 0.3) is 0 Å². The number of likely N-dealkylation sites (tertiary alicyclic amines) is 1. The molecular formula is C14H28N2. The highest BCUT2D eigenvalue weighted by Crippen LogP contribution is 2.34. The van der Waals surface area contributed by atoms with Crippen LogP contribution in [0.15, 0.2) is 0 Å². The zero-order valence-corrected chi connectivity index (χ0v) is 11.0. The van der Waals surface area contributed by atoms with Crippen molar-refractivity contribution in [3.8, 4) is 0 Å². The van der Waals surface area contributed by atoms with E-state index >= 15 is 0 Å². The van der Waals surface area contributed by atoms with Gasteiger partial charge in [0.2, 0.25) is 0 Å². The van der Waals surface area contributed by atoms with Crippen LogP contribution < -0.4 is 5.73 Å². The van der Waals surface area contributed by atoms with E-state index in [1.165, 1.54) is 45.1 Å². The molecule has 1 saturated carbocycles. The van der Waals surface area contributed by atoms with E-state index in [9.17, 15) is 0 Å². The molecule has 2 N–H and O–H groups in total. The summed E-state index contributed by atoms with van der Waals surface area (Å²) in [4.78, 5) is 2.75. The first-order valence-corrected chi connectivity index (χ1v) is 7.16. The number of hydrogen-bond acceptors (Lipinski definition) is 2. The van der Waals surface area contributed by atoms with Gasteiger partial charge in [-0.05, 0) is 50.5 Å². The summed E-state index contributed by atoms with van der Waals surface area (Å²) in [5.74, 6) is 1.82. The van der Waals surface area contributed by atoms with Crippen molar-refractivity contribution in [2.24, 2.45) is 17.6 Å². The molecule has 3 unspecified atom stereocenters. The predicted octanol–water partition coefficient (Wildman–Crippen LogP) is 2.62. The number of hydrogen-bond donors (Lipinski definition) is 1. The van der Waals surface area contributed by atoms with Crippen LogP contribution in [0, 0.1) is 11.8 Å². The first-order chi connectivity index (χ1) is 7.70. The van der Waals surface area contributed by atoms with Crippen LogP contribution in [-0.4, -0.2) is 30.1 Å². The largest absolute Gasteiger partial charge is 0.329 e. The van der Waals surface area contributed by atoms with Crippen molar-refractivity contribution in [3.05, 3.63) is 0 Å². The van der Waals surface area contributed by atoms with Gasteiger partial charge in [-0.2, -0.15) is 0 Å². The van der Waals surface area contributed by atoms with Crippen LogP contribution in [0.5, 0.6) is 0 Å². The predicted molar refractivity (Wildman–Crippen MR) is 69.4 cm³/mol. The summed E-state index contributed by atoms with van der Waals surface area (Å²) >= 11 is 0. The highest BCUT2D eigenvalue weighted by Gasteiger charge is 2.32. The molecule has 1 aliphatic carbocycles. The first kappa shape index (κ1) is 12.4. The molecule has 1 heterocycles. The Morgan fingerprint density at radius 1 is 1.06 bits per heavy atom. The number of nitrogens with two attached hydrogens (primary N) is 1. The normalized spacial score (nSPS) is 42.2. The second kappa shape index (κ2) is 5.50. The topological polar surface area (TPSA) is 29.3 Å². The van der Waals surface area contributed by atoms with E-state index in [-0.39, 0.29) is 0 Å². The molecule has 0 radical (unpaired) electrons. The third-order valence-corrected chi connectivity index (χ3v) is 4.57. The van der Waals surface area contributed by atoms with Crippen LogP contribution in [0.2, 0.25) is 0 Å². The summed E-state index contributed by atoms with van der Waals surface area (Å²) in [6.07, 6.45) is 8.33. The molecule has 0 amide bonds. The number of piperidine rings is 1. The van der Waals surface area contributed by atoms with Gasteiger partial charge in [-0.3, -0.25) is 4.90 Å². The molecule has 16 heavy (non-hydrogen) atoms. The van der Waals surface area contributed by atoms with Crippen LogP contribution in [0.1, 0.15) is 52.4 Å². The third-order valence-electron chi connectivity index (χ3n) is 4.57. The molecule has 2 fully saturated rings. The van der Waals surface area contributed by atoms with E-state index in [2.05, 4.69) is 18.7 Å². The maximum Gasteiger partial charge on any atom is 0.0221 e. The summed E-state index contributed by atoms with van der Waals surface area (Å²) in [7, 11) is 0. The zero-order chi connectivity index (χ0) is 11.5. The van der Waals surface area contributed by atoms with Crippen molar-refractivity contribution in [2.75, 3.05) is 13.1 Å². The van der Waals surface area contributed by atoms with Crippen molar-refractivity contribution in [1.29, 1.82) is 0 Å². The van der Waals surface area contributed by atoms with Gasteiger partial charge in [0.1, 0.15) is 0 Å². The summed E-state index contributed by atoms with van der Waals surface area (Å²) < 4.78 is 0. The van der Waals surface area contributed by atoms with Gasteiger partial charge in [-0.25, -0.2) is 0 Å². The zero-order valence-electron chi connectivity index (χ0n) is 11.0. The Morgan fingerprint density at radius 2 is 1.75 bits per heavy atom. The monoisotopic (exact) mass is 224 g/mol. The van der Waals surface area contributed by atoms with E-state index in [0.29, 0.717) is 6.04 Å². The Morgan fingerprint density at radius 3 is 2.38 bits per heavy atom. The smallest absolute Gasteiger partial charge is 0.0221 e. The molecule has 0 aromatic heterocycles. The first-order valence-electron chi connectivity index (χ1n) is 7.16. The average molecular weight is 224 g/mol. The van der Waals surface area contributed by atoms with Crippen LogP contribution in [0.3, 0.4) is 0 Å². The maximum absolute atomic E-state index is 5.93. The van der Waals surface area contributed by atoms with Crippen LogP contribution >= 0.6 is 0 Å². The molecule has 2 aliphatic rings. The highest BCUT2D eigenvalue weighted by atomic mass is 15.2. The van der Waals surface area contributed by atoms with Crippen molar-refractivity contribution >= 4 is 0 Å². The fraction of sp³-hybridized carbons (Fsp3) is 1.00. The molecule has 1 aliphatic heterocycles. The standard InChI is InChI=1S/C14H28N2/c1-11-7-12(2)9-14(8-11)16-6-4-3-5-13(16)10-15/h11-14H,3-10,15H2,1-2H3. The Kier molecular flexibility index (Phi) is 4.26. The Hall–Kier alpha value is -0.0800. The van der Waals surface area contributed by atoms with Gasteiger partial charge in [0, 0.05) is 18.6 Å². The van der Waals surface area contributed by atoms with Crippen LogP contribution in [-0.2, 0) is 0 Å². The maximum atomic E-state index is 5.93. The van der Waals surface area contributed by atoms with Gasteiger partial charge in [0.15, 0.2) is 0 Å². The van der Waals surface area contributed by atoms with Gasteiger partial charge in [0.05, 0.1) is 0 Å². The molecule has 0 aromatic carbocycles.